The second-order valence-electron chi connectivity index (χ2n) is 6.34. The Morgan fingerprint density at radius 3 is 2.70 bits per heavy atom. The van der Waals surface area contributed by atoms with Crippen molar-refractivity contribution >= 4 is 15.9 Å². The van der Waals surface area contributed by atoms with Gasteiger partial charge in [0.1, 0.15) is 0 Å². The molecule has 140 valence electrons. The van der Waals surface area contributed by atoms with Gasteiger partial charge in [0.25, 0.3) is 0 Å². The highest BCUT2D eigenvalue weighted by Gasteiger charge is 2.28. The van der Waals surface area contributed by atoms with E-state index in [4.69, 9.17) is 5.14 Å². The summed E-state index contributed by atoms with van der Waals surface area (Å²) in [6, 6.07) is 6.17. The molecule has 0 fully saturated rings. The number of hydrogen-bond donors (Lipinski definition) is 3. The van der Waals surface area contributed by atoms with Crippen LogP contribution in [0.3, 0.4) is 0 Å². The molecule has 1 amide bonds. The summed E-state index contributed by atoms with van der Waals surface area (Å²) in [5, 5.41) is 19.6. The Morgan fingerprint density at radius 2 is 2.04 bits per heavy atom. The average molecular weight is 386 g/mol. The molecule has 1 aliphatic rings. The minimum atomic E-state index is -3.77. The fraction of sp³-hybridized carbons (Fsp3) is 0.235. The van der Waals surface area contributed by atoms with Crippen molar-refractivity contribution < 1.29 is 13.2 Å². The smallest absolute Gasteiger partial charge is 0.238 e. The van der Waals surface area contributed by atoms with Crippen LogP contribution in [0.5, 0.6) is 0 Å². The van der Waals surface area contributed by atoms with Crippen LogP contribution in [0.25, 0.3) is 16.9 Å². The maximum Gasteiger partial charge on any atom is 0.238 e. The van der Waals surface area contributed by atoms with E-state index in [2.05, 4.69) is 20.6 Å². The molecule has 1 aliphatic carbocycles. The molecule has 0 unspecified atom stereocenters. The Kier molecular flexibility index (Phi) is 4.08. The summed E-state index contributed by atoms with van der Waals surface area (Å²) in [5.74, 6) is -0.120. The van der Waals surface area contributed by atoms with Gasteiger partial charge >= 0.3 is 0 Å². The van der Waals surface area contributed by atoms with Gasteiger partial charge in [-0.25, -0.2) is 18.2 Å². The number of fused-ring (bicyclic) bond motifs is 3. The molecule has 3 aromatic rings. The van der Waals surface area contributed by atoms with E-state index < -0.39 is 10.0 Å². The van der Waals surface area contributed by atoms with Crippen molar-refractivity contribution in [2.24, 2.45) is 5.14 Å². The average Bonchev–Trinajstić information content (AvgIpc) is 3.25. The highest BCUT2D eigenvalue weighted by molar-refractivity contribution is 7.89. The Bertz CT molecular complexity index is 1130. The van der Waals surface area contributed by atoms with Crippen LogP contribution in [-0.4, -0.2) is 41.4 Å². The minimum absolute atomic E-state index is 0.0295. The number of aryl methyl sites for hydroxylation is 1. The molecule has 4 N–H and O–H groups in total. The summed E-state index contributed by atoms with van der Waals surface area (Å²) < 4.78 is 24.7. The van der Waals surface area contributed by atoms with Crippen LogP contribution < -0.4 is 10.5 Å². The second kappa shape index (κ2) is 6.32. The molecule has 0 aliphatic heterocycles. The molecule has 1 aromatic carbocycles. The van der Waals surface area contributed by atoms with Crippen LogP contribution in [0.4, 0.5) is 0 Å². The predicted molar refractivity (Wildman–Crippen MR) is 97.7 cm³/mol. The van der Waals surface area contributed by atoms with Gasteiger partial charge in [0.2, 0.25) is 15.9 Å². The van der Waals surface area contributed by atoms with Crippen LogP contribution in [0, 0.1) is 0 Å². The highest BCUT2D eigenvalue weighted by Crippen LogP contribution is 2.36. The van der Waals surface area contributed by atoms with E-state index in [1.165, 1.54) is 12.1 Å². The molecule has 0 spiro atoms. The molecule has 2 heterocycles. The van der Waals surface area contributed by atoms with Gasteiger partial charge in [-0.2, -0.15) is 10.2 Å². The van der Waals surface area contributed by atoms with Crippen LogP contribution in [-0.2, 0) is 34.1 Å². The minimum Gasteiger partial charge on any atom is -0.359 e. The first kappa shape index (κ1) is 17.4. The van der Waals surface area contributed by atoms with Gasteiger partial charge in [-0.3, -0.25) is 9.89 Å². The number of nitrogens with one attached hydrogen (secondary N) is 2. The van der Waals surface area contributed by atoms with E-state index in [1.54, 1.807) is 30.1 Å². The topological polar surface area (TPSA) is 136 Å². The van der Waals surface area contributed by atoms with E-state index in [0.717, 1.165) is 35.4 Å². The zero-order chi connectivity index (χ0) is 19.2. The van der Waals surface area contributed by atoms with Crippen molar-refractivity contribution in [3.8, 4) is 16.9 Å². The standard InChI is InChI=1S/C17H18N6O3S/c1-19-16(24)8-15-12-6-7-14-13(9-20-21-14)17(12)23(22-15)10-2-4-11(5-3-10)27(18,25)26/h2-5,9H,6-8H2,1H3,(H,19,24)(H,20,21)(H2,18,25,26). The summed E-state index contributed by atoms with van der Waals surface area (Å²) in [6.07, 6.45) is 3.45. The van der Waals surface area contributed by atoms with Crippen LogP contribution in [0.2, 0.25) is 0 Å². The van der Waals surface area contributed by atoms with E-state index in [1.807, 2.05) is 0 Å². The highest BCUT2D eigenvalue weighted by atomic mass is 32.2. The van der Waals surface area contributed by atoms with Gasteiger partial charge in [0, 0.05) is 23.9 Å². The predicted octanol–water partition coefficient (Wildman–Crippen LogP) is 0.297. The lowest BCUT2D eigenvalue weighted by molar-refractivity contribution is -0.120. The number of aromatic amines is 1. The van der Waals surface area contributed by atoms with Gasteiger partial charge < -0.3 is 5.32 Å². The molecular formula is C17H18N6O3S. The molecule has 0 bridgehead atoms. The number of benzene rings is 1. The lowest BCUT2D eigenvalue weighted by Gasteiger charge is -2.15. The van der Waals surface area contributed by atoms with Crippen LogP contribution in [0.1, 0.15) is 17.0 Å². The van der Waals surface area contributed by atoms with E-state index >= 15 is 0 Å². The molecule has 0 saturated carbocycles. The lowest BCUT2D eigenvalue weighted by Crippen LogP contribution is -2.21. The Labute approximate surface area is 155 Å². The van der Waals surface area contributed by atoms with Gasteiger partial charge in [-0.05, 0) is 37.1 Å². The summed E-state index contributed by atoms with van der Waals surface area (Å²) in [5.41, 5.74) is 5.19. The normalized spacial score (nSPS) is 13.1. The number of rotatable bonds is 4. The number of carbonyl (C=O) groups excluding carboxylic acids is 1. The number of carbonyl (C=O) groups is 1. The fourth-order valence-electron chi connectivity index (χ4n) is 3.34. The molecule has 2 aromatic heterocycles. The number of primary sulfonamides is 1. The number of nitrogens with zero attached hydrogens (tertiary/aromatic N) is 3. The van der Waals surface area contributed by atoms with Gasteiger partial charge in [0.05, 0.1) is 34.6 Å². The molecule has 27 heavy (non-hydrogen) atoms. The fourth-order valence-corrected chi connectivity index (χ4v) is 3.85. The number of nitrogens with two attached hydrogens (primary N) is 1. The molecule has 0 saturated heterocycles. The number of amides is 1. The molecule has 0 radical (unpaired) electrons. The van der Waals surface area contributed by atoms with E-state index in [-0.39, 0.29) is 17.2 Å². The van der Waals surface area contributed by atoms with Gasteiger partial charge in [0.15, 0.2) is 0 Å². The van der Waals surface area contributed by atoms with Gasteiger partial charge in [-0.1, -0.05) is 0 Å². The van der Waals surface area contributed by atoms with Crippen molar-refractivity contribution in [2.45, 2.75) is 24.2 Å². The first-order valence-electron chi connectivity index (χ1n) is 8.35. The maximum atomic E-state index is 11.9. The molecule has 0 atom stereocenters. The summed E-state index contributed by atoms with van der Waals surface area (Å²) >= 11 is 0. The Morgan fingerprint density at radius 1 is 1.30 bits per heavy atom. The lowest BCUT2D eigenvalue weighted by atomic mass is 9.93. The van der Waals surface area contributed by atoms with Crippen molar-refractivity contribution in [1.82, 2.24) is 25.3 Å². The third-order valence-electron chi connectivity index (χ3n) is 4.68. The van der Waals surface area contributed by atoms with E-state index in [0.29, 0.717) is 11.4 Å². The Hall–Kier alpha value is -2.98. The maximum absolute atomic E-state index is 11.9. The number of likely N-dealkylation sites (N-methyl/N-ethyl adjacent to an activating group) is 1. The zero-order valence-electron chi connectivity index (χ0n) is 14.6. The zero-order valence-corrected chi connectivity index (χ0v) is 15.4. The van der Waals surface area contributed by atoms with Crippen molar-refractivity contribution in [3.63, 3.8) is 0 Å². The number of aromatic nitrogens is 4. The SMILES string of the molecule is CNC(=O)Cc1nn(-c2ccc(S(N)(=O)=O)cc2)c2c1CCc1[nH]ncc1-2. The monoisotopic (exact) mass is 386 g/mol. The number of H-pyrrole nitrogens is 1. The van der Waals surface area contributed by atoms with Crippen LogP contribution in [0.15, 0.2) is 35.4 Å². The third kappa shape index (κ3) is 3.02. The quantitative estimate of drug-likeness (QED) is 0.592. The number of sulfonamides is 1. The Balaban J connectivity index is 1.87. The first-order chi connectivity index (χ1) is 12.9. The summed E-state index contributed by atoms with van der Waals surface area (Å²) in [4.78, 5) is 11.9. The molecule has 4 rings (SSSR count). The van der Waals surface area contributed by atoms with Crippen molar-refractivity contribution in [3.05, 3.63) is 47.4 Å². The number of hydrogen-bond acceptors (Lipinski definition) is 5. The van der Waals surface area contributed by atoms with Crippen molar-refractivity contribution in [2.75, 3.05) is 7.05 Å². The summed E-state index contributed by atoms with van der Waals surface area (Å²) in [6.45, 7) is 0. The van der Waals surface area contributed by atoms with E-state index in [9.17, 15) is 13.2 Å². The second-order valence-corrected chi connectivity index (χ2v) is 7.90. The van der Waals surface area contributed by atoms with Crippen LogP contribution >= 0.6 is 0 Å². The molecule has 10 heteroatoms. The largest absolute Gasteiger partial charge is 0.359 e. The van der Waals surface area contributed by atoms with Gasteiger partial charge in [-0.15, -0.1) is 0 Å². The molecule has 9 nitrogen and oxygen atoms in total. The molecular weight excluding hydrogens is 368 g/mol. The first-order valence-corrected chi connectivity index (χ1v) is 9.90. The third-order valence-corrected chi connectivity index (χ3v) is 5.61. The van der Waals surface area contributed by atoms with Crippen molar-refractivity contribution in [1.29, 1.82) is 0 Å². The summed E-state index contributed by atoms with van der Waals surface area (Å²) in [7, 11) is -2.18.